The summed E-state index contributed by atoms with van der Waals surface area (Å²) in [5, 5.41) is 8.83. The van der Waals surface area contributed by atoms with Gasteiger partial charge in [-0.05, 0) is 12.1 Å². The Balaban J connectivity index is 2.06. The molecule has 1 aromatic carbocycles. The number of benzene rings is 1. The second-order valence-corrected chi connectivity index (χ2v) is 4.41. The van der Waals surface area contributed by atoms with Crippen LogP contribution in [0, 0.1) is 11.6 Å². The molecule has 1 amide bonds. The number of nitrogens with zero attached hydrogens (tertiary/aromatic N) is 1. The van der Waals surface area contributed by atoms with E-state index in [1.165, 1.54) is 11.0 Å². The molecule has 1 aromatic rings. The molecule has 1 unspecified atom stereocenters. The van der Waals surface area contributed by atoms with Gasteiger partial charge >= 0.3 is 5.97 Å². The van der Waals surface area contributed by atoms with Crippen molar-refractivity contribution in [1.82, 2.24) is 4.90 Å². The normalized spacial score (nSPS) is 18.9. The molecule has 5 nitrogen and oxygen atoms in total. The molecule has 0 saturated carbocycles. The fourth-order valence-corrected chi connectivity index (χ4v) is 1.99. The van der Waals surface area contributed by atoms with Crippen molar-refractivity contribution in [2.75, 3.05) is 19.7 Å². The zero-order valence-electron chi connectivity index (χ0n) is 10.5. The van der Waals surface area contributed by atoms with Gasteiger partial charge in [0.15, 0.2) is 6.10 Å². The maximum Gasteiger partial charge on any atom is 0.334 e. The molecular formula is C13H13F2NO4. The van der Waals surface area contributed by atoms with Crippen molar-refractivity contribution in [3.63, 3.8) is 0 Å². The third-order valence-corrected chi connectivity index (χ3v) is 3.08. The summed E-state index contributed by atoms with van der Waals surface area (Å²) in [5.74, 6) is -3.27. The van der Waals surface area contributed by atoms with Crippen LogP contribution in [0.5, 0.6) is 0 Å². The quantitative estimate of drug-likeness (QED) is 0.893. The molecule has 1 saturated heterocycles. The zero-order chi connectivity index (χ0) is 14.7. The summed E-state index contributed by atoms with van der Waals surface area (Å²) in [6, 6.07) is 3.37. The Morgan fingerprint density at radius 2 is 2.00 bits per heavy atom. The first-order chi connectivity index (χ1) is 9.49. The summed E-state index contributed by atoms with van der Waals surface area (Å²) in [5.41, 5.74) is -0.309. The number of halogens is 2. The number of carboxylic acid groups (broad SMARTS) is 1. The molecular weight excluding hydrogens is 272 g/mol. The van der Waals surface area contributed by atoms with E-state index >= 15 is 0 Å². The highest BCUT2D eigenvalue weighted by Gasteiger charge is 2.29. The third-order valence-electron chi connectivity index (χ3n) is 3.08. The molecule has 0 radical (unpaired) electrons. The third kappa shape index (κ3) is 3.11. The number of morpholine rings is 1. The average molecular weight is 285 g/mol. The van der Waals surface area contributed by atoms with E-state index in [0.717, 1.165) is 12.1 Å². The average Bonchev–Trinajstić information content (AvgIpc) is 2.43. The number of ether oxygens (including phenoxy) is 1. The highest BCUT2D eigenvalue weighted by atomic mass is 19.1. The second kappa shape index (κ2) is 5.96. The minimum absolute atomic E-state index is 0.0858. The first-order valence-electron chi connectivity index (χ1n) is 6.04. The Hall–Kier alpha value is -2.02. The maximum atomic E-state index is 13.5. The van der Waals surface area contributed by atoms with Crippen LogP contribution in [0.15, 0.2) is 18.2 Å². The predicted octanol–water partition coefficient (Wildman–Crippen LogP) is 0.819. The lowest BCUT2D eigenvalue weighted by atomic mass is 10.1. The molecule has 1 atom stereocenters. The van der Waals surface area contributed by atoms with Gasteiger partial charge in [0.1, 0.15) is 11.6 Å². The van der Waals surface area contributed by atoms with Crippen molar-refractivity contribution in [1.29, 1.82) is 0 Å². The first-order valence-corrected chi connectivity index (χ1v) is 6.04. The van der Waals surface area contributed by atoms with Gasteiger partial charge in [-0.2, -0.15) is 0 Å². The molecule has 1 aliphatic rings. The summed E-state index contributed by atoms with van der Waals surface area (Å²) in [7, 11) is 0. The van der Waals surface area contributed by atoms with Crippen LogP contribution >= 0.6 is 0 Å². The SMILES string of the molecule is O=C(O)C1CN(C(=O)Cc2c(F)cccc2F)CCO1. The van der Waals surface area contributed by atoms with Crippen molar-refractivity contribution in [2.24, 2.45) is 0 Å². The topological polar surface area (TPSA) is 66.8 Å². The molecule has 1 fully saturated rings. The van der Waals surface area contributed by atoms with Gasteiger partial charge < -0.3 is 14.7 Å². The predicted molar refractivity (Wildman–Crippen MR) is 64.0 cm³/mol. The molecule has 2 rings (SSSR count). The largest absolute Gasteiger partial charge is 0.479 e. The fraction of sp³-hybridized carbons (Fsp3) is 0.385. The molecule has 108 valence electrons. The van der Waals surface area contributed by atoms with Crippen LogP contribution in [-0.4, -0.2) is 47.7 Å². The lowest BCUT2D eigenvalue weighted by molar-refractivity contribution is -0.159. The summed E-state index contributed by atoms with van der Waals surface area (Å²) in [4.78, 5) is 24.0. The summed E-state index contributed by atoms with van der Waals surface area (Å²) < 4.78 is 31.9. The lowest BCUT2D eigenvalue weighted by Crippen LogP contribution is -2.49. The molecule has 0 aromatic heterocycles. The first kappa shape index (κ1) is 14.4. The van der Waals surface area contributed by atoms with E-state index in [4.69, 9.17) is 9.84 Å². The molecule has 7 heteroatoms. The number of carboxylic acids is 1. The van der Waals surface area contributed by atoms with Crippen LogP contribution in [0.4, 0.5) is 8.78 Å². The van der Waals surface area contributed by atoms with E-state index in [1.54, 1.807) is 0 Å². The standard InChI is InChI=1S/C13H13F2NO4/c14-9-2-1-3-10(15)8(9)6-12(17)16-4-5-20-11(7-16)13(18)19/h1-3,11H,4-7H2,(H,18,19). The number of amides is 1. The Bertz CT molecular complexity index is 515. The maximum absolute atomic E-state index is 13.5. The van der Waals surface area contributed by atoms with Gasteiger partial charge in [-0.1, -0.05) is 6.07 Å². The minimum atomic E-state index is -1.17. The van der Waals surface area contributed by atoms with Crippen LogP contribution in [0.3, 0.4) is 0 Å². The van der Waals surface area contributed by atoms with Crippen molar-refractivity contribution in [3.05, 3.63) is 35.4 Å². The van der Waals surface area contributed by atoms with E-state index in [-0.39, 0.29) is 25.3 Å². The Kier molecular flexibility index (Phi) is 4.29. The molecule has 0 aliphatic carbocycles. The smallest absolute Gasteiger partial charge is 0.334 e. The number of rotatable bonds is 3. The van der Waals surface area contributed by atoms with Crippen LogP contribution in [0.2, 0.25) is 0 Å². The molecule has 20 heavy (non-hydrogen) atoms. The van der Waals surface area contributed by atoms with Crippen molar-refractivity contribution in [2.45, 2.75) is 12.5 Å². The second-order valence-electron chi connectivity index (χ2n) is 4.41. The van der Waals surface area contributed by atoms with E-state index in [0.29, 0.717) is 0 Å². The van der Waals surface area contributed by atoms with Crippen molar-refractivity contribution < 1.29 is 28.2 Å². The highest BCUT2D eigenvalue weighted by molar-refractivity contribution is 5.80. The van der Waals surface area contributed by atoms with E-state index < -0.39 is 36.0 Å². The molecule has 1 aliphatic heterocycles. The Morgan fingerprint density at radius 1 is 1.35 bits per heavy atom. The Labute approximate surface area is 113 Å². The minimum Gasteiger partial charge on any atom is -0.479 e. The Morgan fingerprint density at radius 3 is 2.60 bits per heavy atom. The lowest BCUT2D eigenvalue weighted by Gasteiger charge is -2.31. The fourth-order valence-electron chi connectivity index (χ4n) is 1.99. The van der Waals surface area contributed by atoms with Gasteiger partial charge in [0.05, 0.1) is 19.6 Å². The van der Waals surface area contributed by atoms with Crippen molar-refractivity contribution >= 4 is 11.9 Å². The van der Waals surface area contributed by atoms with E-state index in [2.05, 4.69) is 0 Å². The van der Waals surface area contributed by atoms with Gasteiger partial charge in [-0.15, -0.1) is 0 Å². The van der Waals surface area contributed by atoms with Crippen LogP contribution < -0.4 is 0 Å². The van der Waals surface area contributed by atoms with Gasteiger partial charge in [0.2, 0.25) is 5.91 Å². The summed E-state index contributed by atoms with van der Waals surface area (Å²) in [6.07, 6.45) is -1.54. The van der Waals surface area contributed by atoms with Gasteiger partial charge in [-0.25, -0.2) is 13.6 Å². The highest BCUT2D eigenvalue weighted by Crippen LogP contribution is 2.15. The molecule has 0 bridgehead atoms. The summed E-state index contributed by atoms with van der Waals surface area (Å²) >= 11 is 0. The van der Waals surface area contributed by atoms with Crippen LogP contribution in [0.25, 0.3) is 0 Å². The van der Waals surface area contributed by atoms with E-state index in [1.807, 2.05) is 0 Å². The number of hydrogen-bond donors (Lipinski definition) is 1. The van der Waals surface area contributed by atoms with Crippen LogP contribution in [0.1, 0.15) is 5.56 Å². The number of aliphatic carboxylic acids is 1. The monoisotopic (exact) mass is 285 g/mol. The summed E-state index contributed by atoms with van der Waals surface area (Å²) in [6.45, 7) is 0.172. The number of hydrogen-bond acceptors (Lipinski definition) is 3. The van der Waals surface area contributed by atoms with Gasteiger partial charge in [-0.3, -0.25) is 4.79 Å². The van der Waals surface area contributed by atoms with Gasteiger partial charge in [0.25, 0.3) is 0 Å². The zero-order valence-corrected chi connectivity index (χ0v) is 10.5. The molecule has 1 heterocycles. The van der Waals surface area contributed by atoms with Crippen molar-refractivity contribution in [3.8, 4) is 0 Å². The molecule has 1 N–H and O–H groups in total. The number of carbonyl (C=O) groups is 2. The molecule has 0 spiro atoms. The van der Waals surface area contributed by atoms with Gasteiger partial charge in [0, 0.05) is 12.1 Å². The van der Waals surface area contributed by atoms with Crippen LogP contribution in [-0.2, 0) is 20.7 Å². The number of carbonyl (C=O) groups excluding carboxylic acids is 1. The van der Waals surface area contributed by atoms with E-state index in [9.17, 15) is 18.4 Å².